The predicted molar refractivity (Wildman–Crippen MR) is 150 cm³/mol. The molecule has 4 N–H and O–H groups in total. The monoisotopic (exact) mass is 528 g/mol. The van der Waals surface area contributed by atoms with Gasteiger partial charge in [-0.2, -0.15) is 0 Å². The molecule has 38 heavy (non-hydrogen) atoms. The van der Waals surface area contributed by atoms with E-state index in [2.05, 4.69) is 10.6 Å². The molecule has 194 valence electrons. The first kappa shape index (κ1) is 25.2. The molecule has 8 nitrogen and oxygen atoms in total. The number of rotatable bonds is 8. The van der Waals surface area contributed by atoms with E-state index in [1.165, 1.54) is 4.31 Å². The van der Waals surface area contributed by atoms with Crippen molar-refractivity contribution in [2.75, 3.05) is 34.3 Å². The average molecular weight is 529 g/mol. The van der Waals surface area contributed by atoms with Crippen molar-refractivity contribution in [2.45, 2.75) is 17.9 Å². The van der Waals surface area contributed by atoms with Gasteiger partial charge in [0.05, 0.1) is 34.8 Å². The molecule has 1 heterocycles. The summed E-state index contributed by atoms with van der Waals surface area (Å²) in [6.45, 7) is 0.832. The van der Waals surface area contributed by atoms with E-state index in [1.54, 1.807) is 55.6 Å². The second-order valence-corrected chi connectivity index (χ2v) is 10.8. The fourth-order valence-corrected chi connectivity index (χ4v) is 5.98. The number of nitrogens with one attached hydrogen (secondary N) is 2. The number of benzene rings is 4. The minimum absolute atomic E-state index is 0.215. The molecule has 0 radical (unpaired) electrons. The van der Waals surface area contributed by atoms with Gasteiger partial charge in [0.15, 0.2) is 0 Å². The first-order valence-corrected chi connectivity index (χ1v) is 13.6. The van der Waals surface area contributed by atoms with E-state index in [-0.39, 0.29) is 10.8 Å². The van der Waals surface area contributed by atoms with Crippen LogP contribution >= 0.6 is 0 Å². The molecule has 0 saturated carbocycles. The molecule has 0 aromatic heterocycles. The molecular formula is C29H28N4O4S. The Hall–Kier alpha value is -4.50. The second kappa shape index (κ2) is 10.5. The highest BCUT2D eigenvalue weighted by Gasteiger charge is 2.32. The quantitative estimate of drug-likeness (QED) is 0.281. The minimum atomic E-state index is -3.74. The van der Waals surface area contributed by atoms with Gasteiger partial charge >= 0.3 is 0 Å². The third-order valence-electron chi connectivity index (χ3n) is 6.51. The van der Waals surface area contributed by atoms with Crippen LogP contribution in [0.5, 0.6) is 5.75 Å². The summed E-state index contributed by atoms with van der Waals surface area (Å²) in [4.78, 5) is 12.8. The number of methoxy groups -OCH3 is 1. The Labute approximate surface area is 222 Å². The van der Waals surface area contributed by atoms with Crippen molar-refractivity contribution in [1.82, 2.24) is 0 Å². The maximum Gasteiger partial charge on any atom is 0.264 e. The number of nitrogens with two attached hydrogens (primary N) is 1. The molecule has 0 spiro atoms. The van der Waals surface area contributed by atoms with E-state index in [0.717, 1.165) is 16.8 Å². The molecule has 1 aliphatic heterocycles. The summed E-state index contributed by atoms with van der Waals surface area (Å²) >= 11 is 0. The first-order chi connectivity index (χ1) is 18.4. The van der Waals surface area contributed by atoms with Crippen molar-refractivity contribution < 1.29 is 17.9 Å². The predicted octanol–water partition coefficient (Wildman–Crippen LogP) is 4.89. The smallest absolute Gasteiger partial charge is 0.264 e. The molecule has 4 aromatic rings. The number of nitrogens with zero attached hydrogens (tertiary/aromatic N) is 1. The highest BCUT2D eigenvalue weighted by atomic mass is 32.2. The number of hydrogen-bond donors (Lipinski definition) is 3. The fourth-order valence-electron chi connectivity index (χ4n) is 4.46. The molecule has 0 unspecified atom stereocenters. The zero-order chi connectivity index (χ0) is 26.7. The van der Waals surface area contributed by atoms with Gasteiger partial charge in [0, 0.05) is 18.7 Å². The molecule has 4 aromatic carbocycles. The van der Waals surface area contributed by atoms with Crippen molar-refractivity contribution in [1.29, 1.82) is 0 Å². The van der Waals surface area contributed by atoms with Crippen LogP contribution in [0.1, 0.15) is 21.5 Å². The third-order valence-corrected chi connectivity index (χ3v) is 8.32. The van der Waals surface area contributed by atoms with Crippen molar-refractivity contribution in [3.05, 3.63) is 108 Å². The first-order valence-electron chi connectivity index (χ1n) is 12.1. The summed E-state index contributed by atoms with van der Waals surface area (Å²) in [5, 5.41) is 6.21. The van der Waals surface area contributed by atoms with Crippen LogP contribution < -0.4 is 25.4 Å². The second-order valence-electron chi connectivity index (χ2n) is 8.91. The number of hydrogen-bond acceptors (Lipinski definition) is 6. The molecule has 1 amide bonds. The SMILES string of the molecule is COc1ccc(S(=O)(=O)N2CCc3cccc(NCc4ccc(C(=O)Nc5ccccc5N)cc4)c32)cc1. The van der Waals surface area contributed by atoms with Crippen LogP contribution in [0.4, 0.5) is 22.7 Å². The summed E-state index contributed by atoms with van der Waals surface area (Å²) < 4.78 is 33.6. The van der Waals surface area contributed by atoms with E-state index >= 15 is 0 Å². The Balaban J connectivity index is 1.31. The standard InChI is InChI=1S/C29H28N4O4S/c1-37-23-13-15-24(16-14-23)38(35,36)33-18-17-21-5-4-8-27(28(21)33)31-19-20-9-11-22(12-10-20)29(34)32-26-7-3-2-6-25(26)30/h2-16,31H,17-19,30H2,1H3,(H,32,34). The zero-order valence-electron chi connectivity index (χ0n) is 20.8. The lowest BCUT2D eigenvalue weighted by Crippen LogP contribution is -2.29. The Bertz CT molecular complexity index is 1570. The Morgan fingerprint density at radius 1 is 0.921 bits per heavy atom. The van der Waals surface area contributed by atoms with Gasteiger partial charge in [-0.1, -0.05) is 36.4 Å². The summed E-state index contributed by atoms with van der Waals surface area (Å²) in [6, 6.07) is 26.5. The summed E-state index contributed by atoms with van der Waals surface area (Å²) in [5.41, 5.74) is 10.8. The highest BCUT2D eigenvalue weighted by Crippen LogP contribution is 2.39. The Morgan fingerprint density at radius 2 is 1.63 bits per heavy atom. The maximum absolute atomic E-state index is 13.5. The van der Waals surface area contributed by atoms with Crippen LogP contribution in [-0.4, -0.2) is 28.0 Å². The maximum atomic E-state index is 13.5. The van der Waals surface area contributed by atoms with Crippen LogP contribution in [0.3, 0.4) is 0 Å². The Morgan fingerprint density at radius 3 is 2.34 bits per heavy atom. The van der Waals surface area contributed by atoms with Crippen LogP contribution in [0, 0.1) is 0 Å². The highest BCUT2D eigenvalue weighted by molar-refractivity contribution is 7.92. The van der Waals surface area contributed by atoms with Gasteiger partial charge in [-0.05, 0) is 72.1 Å². The van der Waals surface area contributed by atoms with Crippen LogP contribution in [0.2, 0.25) is 0 Å². The van der Waals surface area contributed by atoms with Gasteiger partial charge < -0.3 is 21.1 Å². The molecule has 9 heteroatoms. The largest absolute Gasteiger partial charge is 0.497 e. The van der Waals surface area contributed by atoms with E-state index in [9.17, 15) is 13.2 Å². The molecule has 0 atom stereocenters. The number of amides is 1. The van der Waals surface area contributed by atoms with E-state index in [4.69, 9.17) is 10.5 Å². The lowest BCUT2D eigenvalue weighted by atomic mass is 10.1. The number of sulfonamides is 1. The van der Waals surface area contributed by atoms with Crippen molar-refractivity contribution in [3.63, 3.8) is 0 Å². The number of ether oxygens (including phenoxy) is 1. The fraction of sp³-hybridized carbons (Fsp3) is 0.138. The van der Waals surface area contributed by atoms with Gasteiger partial charge in [0.1, 0.15) is 5.75 Å². The van der Waals surface area contributed by atoms with Gasteiger partial charge in [-0.3, -0.25) is 9.10 Å². The van der Waals surface area contributed by atoms with E-state index < -0.39 is 10.0 Å². The molecule has 0 saturated heterocycles. The zero-order valence-corrected chi connectivity index (χ0v) is 21.7. The van der Waals surface area contributed by atoms with Gasteiger partial charge in [0.25, 0.3) is 15.9 Å². The van der Waals surface area contributed by atoms with Crippen LogP contribution in [-0.2, 0) is 23.0 Å². The number of para-hydroxylation sites is 3. The van der Waals surface area contributed by atoms with E-state index in [1.807, 2.05) is 42.5 Å². The van der Waals surface area contributed by atoms with Crippen molar-refractivity contribution >= 4 is 38.7 Å². The van der Waals surface area contributed by atoms with Crippen LogP contribution in [0.15, 0.2) is 95.9 Å². The lowest BCUT2D eigenvalue weighted by molar-refractivity contribution is 0.102. The molecular weight excluding hydrogens is 500 g/mol. The molecule has 5 rings (SSSR count). The lowest BCUT2D eigenvalue weighted by Gasteiger charge is -2.23. The third kappa shape index (κ3) is 5.01. The van der Waals surface area contributed by atoms with Gasteiger partial charge in [0.2, 0.25) is 0 Å². The van der Waals surface area contributed by atoms with Gasteiger partial charge in [-0.15, -0.1) is 0 Å². The number of anilines is 4. The molecule has 1 aliphatic rings. The molecule has 0 aliphatic carbocycles. The number of carbonyl (C=O) groups is 1. The topological polar surface area (TPSA) is 114 Å². The Kier molecular flexibility index (Phi) is 6.93. The number of nitrogen functional groups attached to an aromatic ring is 1. The summed E-state index contributed by atoms with van der Waals surface area (Å²) in [6.07, 6.45) is 0.635. The van der Waals surface area contributed by atoms with E-state index in [0.29, 0.717) is 47.9 Å². The normalized spacial score (nSPS) is 12.6. The van der Waals surface area contributed by atoms with Crippen LogP contribution in [0.25, 0.3) is 0 Å². The minimum Gasteiger partial charge on any atom is -0.497 e. The van der Waals surface area contributed by atoms with Gasteiger partial charge in [-0.25, -0.2) is 8.42 Å². The van der Waals surface area contributed by atoms with Crippen molar-refractivity contribution in [2.24, 2.45) is 0 Å². The number of carbonyl (C=O) groups excluding carboxylic acids is 1. The average Bonchev–Trinajstić information content (AvgIpc) is 3.39. The van der Waals surface area contributed by atoms with Crippen molar-refractivity contribution in [3.8, 4) is 5.75 Å². The molecule has 0 fully saturated rings. The summed E-state index contributed by atoms with van der Waals surface area (Å²) in [7, 11) is -2.20. The summed E-state index contributed by atoms with van der Waals surface area (Å²) in [5.74, 6) is 0.350. The molecule has 0 bridgehead atoms. The number of fused-ring (bicyclic) bond motifs is 1.